The van der Waals surface area contributed by atoms with Crippen molar-refractivity contribution < 1.29 is 0 Å². The van der Waals surface area contributed by atoms with Crippen LogP contribution < -0.4 is 11.2 Å². The van der Waals surface area contributed by atoms with E-state index in [2.05, 4.69) is 20.8 Å². The summed E-state index contributed by atoms with van der Waals surface area (Å²) in [5, 5.41) is 5.69. The van der Waals surface area contributed by atoms with Gasteiger partial charge in [-0.05, 0) is 44.6 Å². The largest absolute Gasteiger partial charge is 0.330 e. The van der Waals surface area contributed by atoms with Crippen LogP contribution in [0.25, 0.3) is 11.0 Å². The van der Waals surface area contributed by atoms with E-state index >= 15 is 0 Å². The molecule has 6 rings (SSSR count). The lowest BCUT2D eigenvalue weighted by molar-refractivity contribution is 0.455. The fourth-order valence-corrected chi connectivity index (χ4v) is 5.51. The number of fused-ring (bicyclic) bond motifs is 1. The smallest absolute Gasteiger partial charge is 0.274 e. The van der Waals surface area contributed by atoms with E-state index in [0.29, 0.717) is 33.8 Å². The Kier molecular flexibility index (Phi) is 4.33. The lowest BCUT2D eigenvalue weighted by atomic mass is 10.2. The number of H-pyrrole nitrogens is 1. The molecule has 156 valence electrons. The summed E-state index contributed by atoms with van der Waals surface area (Å²) in [7, 11) is 0. The molecule has 3 fully saturated rings. The van der Waals surface area contributed by atoms with Gasteiger partial charge in [0.05, 0.1) is 6.04 Å². The average Bonchev–Trinajstić information content (AvgIpc) is 3.64. The molecule has 0 amide bonds. The van der Waals surface area contributed by atoms with Crippen molar-refractivity contribution in [1.29, 1.82) is 0 Å². The Bertz CT molecular complexity index is 1230. The van der Waals surface area contributed by atoms with Crippen molar-refractivity contribution >= 4 is 22.8 Å². The van der Waals surface area contributed by atoms with E-state index in [-0.39, 0.29) is 17.3 Å². The van der Waals surface area contributed by atoms with E-state index in [1.807, 2.05) is 6.20 Å². The third-order valence-corrected chi connectivity index (χ3v) is 7.41. The van der Waals surface area contributed by atoms with Crippen molar-refractivity contribution in [3.8, 4) is 0 Å². The van der Waals surface area contributed by atoms with E-state index in [4.69, 9.17) is 9.97 Å². The molecule has 0 saturated heterocycles. The van der Waals surface area contributed by atoms with Crippen LogP contribution >= 0.6 is 11.8 Å². The SMILES string of the molecule is O=c1[nH]c(=O)n(C2CC2)c2nc(C3CC3)nc(SCc3ccnn3C3CCCC3)c12. The zero-order chi connectivity index (χ0) is 20.2. The van der Waals surface area contributed by atoms with Gasteiger partial charge in [-0.1, -0.05) is 24.6 Å². The Morgan fingerprint density at radius 2 is 1.83 bits per heavy atom. The highest BCUT2D eigenvalue weighted by atomic mass is 32.2. The molecule has 0 aromatic carbocycles. The van der Waals surface area contributed by atoms with E-state index in [1.54, 1.807) is 16.3 Å². The maximum atomic E-state index is 12.8. The lowest BCUT2D eigenvalue weighted by Gasteiger charge is -2.15. The molecule has 30 heavy (non-hydrogen) atoms. The first-order valence-corrected chi connectivity index (χ1v) is 11.9. The van der Waals surface area contributed by atoms with Crippen molar-refractivity contribution in [2.75, 3.05) is 0 Å². The quantitative estimate of drug-likeness (QED) is 0.482. The van der Waals surface area contributed by atoms with Crippen LogP contribution in [0.4, 0.5) is 0 Å². The van der Waals surface area contributed by atoms with Crippen molar-refractivity contribution in [3.63, 3.8) is 0 Å². The summed E-state index contributed by atoms with van der Waals surface area (Å²) >= 11 is 1.55. The van der Waals surface area contributed by atoms with Crippen LogP contribution in [0.2, 0.25) is 0 Å². The van der Waals surface area contributed by atoms with Gasteiger partial charge in [0.15, 0.2) is 5.65 Å². The number of hydrogen-bond acceptors (Lipinski definition) is 6. The van der Waals surface area contributed by atoms with E-state index in [9.17, 15) is 9.59 Å². The summed E-state index contributed by atoms with van der Waals surface area (Å²) in [5.41, 5.74) is 0.917. The Hall–Kier alpha value is -2.42. The van der Waals surface area contributed by atoms with E-state index in [0.717, 1.165) is 37.2 Å². The number of rotatable bonds is 6. The first-order chi connectivity index (χ1) is 14.7. The molecule has 1 N–H and O–H groups in total. The van der Waals surface area contributed by atoms with Gasteiger partial charge < -0.3 is 0 Å². The molecule has 3 aromatic heterocycles. The minimum Gasteiger partial charge on any atom is -0.274 e. The second-order valence-electron chi connectivity index (χ2n) is 8.71. The van der Waals surface area contributed by atoms with Gasteiger partial charge in [0.25, 0.3) is 5.56 Å². The Labute approximate surface area is 177 Å². The predicted molar refractivity (Wildman–Crippen MR) is 114 cm³/mol. The lowest BCUT2D eigenvalue weighted by Crippen LogP contribution is -2.31. The fraction of sp³-hybridized carbons (Fsp3) is 0.571. The van der Waals surface area contributed by atoms with Crippen LogP contribution in [0.1, 0.15) is 80.9 Å². The summed E-state index contributed by atoms with van der Waals surface area (Å²) in [4.78, 5) is 37.3. The van der Waals surface area contributed by atoms with Gasteiger partial charge in [0.2, 0.25) is 0 Å². The third-order valence-electron chi connectivity index (χ3n) is 6.40. The molecule has 0 atom stereocenters. The van der Waals surface area contributed by atoms with Gasteiger partial charge in [0.1, 0.15) is 16.2 Å². The molecule has 0 spiro atoms. The summed E-state index contributed by atoms with van der Waals surface area (Å²) in [6.45, 7) is 0. The van der Waals surface area contributed by atoms with Crippen LogP contribution in [0, 0.1) is 0 Å². The first kappa shape index (κ1) is 18.4. The van der Waals surface area contributed by atoms with Gasteiger partial charge >= 0.3 is 5.69 Å². The first-order valence-electron chi connectivity index (χ1n) is 10.9. The van der Waals surface area contributed by atoms with Crippen LogP contribution in [0.3, 0.4) is 0 Å². The van der Waals surface area contributed by atoms with Crippen LogP contribution in [-0.4, -0.2) is 29.3 Å². The minimum absolute atomic E-state index is 0.139. The number of hydrogen-bond donors (Lipinski definition) is 1. The number of thioether (sulfide) groups is 1. The number of nitrogens with one attached hydrogen (secondary N) is 1. The highest BCUT2D eigenvalue weighted by Gasteiger charge is 2.32. The molecule has 0 unspecified atom stereocenters. The van der Waals surface area contributed by atoms with Crippen molar-refractivity contribution in [2.45, 2.75) is 80.1 Å². The molecule has 3 aliphatic carbocycles. The maximum absolute atomic E-state index is 12.8. The minimum atomic E-state index is -0.388. The summed E-state index contributed by atoms with van der Waals surface area (Å²) in [6.07, 6.45) is 10.8. The molecule has 0 bridgehead atoms. The van der Waals surface area contributed by atoms with Crippen molar-refractivity contribution in [1.82, 2.24) is 29.3 Å². The van der Waals surface area contributed by atoms with Crippen LogP contribution in [-0.2, 0) is 5.75 Å². The normalized spacial score (nSPS) is 19.7. The zero-order valence-corrected chi connectivity index (χ0v) is 17.5. The molecule has 3 heterocycles. The van der Waals surface area contributed by atoms with Crippen LogP contribution in [0.15, 0.2) is 26.9 Å². The Morgan fingerprint density at radius 1 is 1.03 bits per heavy atom. The van der Waals surface area contributed by atoms with Crippen molar-refractivity contribution in [2.24, 2.45) is 0 Å². The average molecular weight is 425 g/mol. The number of nitrogens with zero attached hydrogens (tertiary/aromatic N) is 5. The number of aromatic nitrogens is 6. The third kappa shape index (κ3) is 3.19. The molecule has 9 heteroatoms. The fourth-order valence-electron chi connectivity index (χ4n) is 4.51. The molecule has 8 nitrogen and oxygen atoms in total. The second kappa shape index (κ2) is 7.08. The Morgan fingerprint density at radius 3 is 2.57 bits per heavy atom. The Balaban J connectivity index is 1.42. The molecule has 3 saturated carbocycles. The molecular formula is C21H24N6O2S. The van der Waals surface area contributed by atoms with Gasteiger partial charge in [0, 0.05) is 29.6 Å². The molecular weight excluding hydrogens is 400 g/mol. The van der Waals surface area contributed by atoms with E-state index in [1.165, 1.54) is 25.7 Å². The maximum Gasteiger partial charge on any atom is 0.330 e. The van der Waals surface area contributed by atoms with Gasteiger partial charge in [-0.3, -0.25) is 19.0 Å². The second-order valence-corrected chi connectivity index (χ2v) is 9.68. The summed E-state index contributed by atoms with van der Waals surface area (Å²) in [6, 6.07) is 2.67. The van der Waals surface area contributed by atoms with Crippen molar-refractivity contribution in [3.05, 3.63) is 44.6 Å². The summed E-state index contributed by atoms with van der Waals surface area (Å²) in [5.74, 6) is 1.81. The molecule has 3 aliphatic rings. The van der Waals surface area contributed by atoms with Gasteiger partial charge in [-0.25, -0.2) is 14.8 Å². The topological polar surface area (TPSA) is 98.5 Å². The van der Waals surface area contributed by atoms with Gasteiger partial charge in [-0.2, -0.15) is 5.10 Å². The number of aromatic amines is 1. The molecule has 0 aliphatic heterocycles. The van der Waals surface area contributed by atoms with E-state index < -0.39 is 0 Å². The standard InChI is InChI=1S/C21H24N6O2S/c28-19-16-18(26(13-7-8-13)21(29)25-19)23-17(12-5-6-12)24-20(16)30-11-15-9-10-22-27(15)14-3-1-2-4-14/h9-10,12-14H,1-8,11H2,(H,25,28,29). The highest BCUT2D eigenvalue weighted by molar-refractivity contribution is 7.98. The molecule has 3 aromatic rings. The highest BCUT2D eigenvalue weighted by Crippen LogP contribution is 2.41. The summed E-state index contributed by atoms with van der Waals surface area (Å²) < 4.78 is 3.83. The zero-order valence-electron chi connectivity index (χ0n) is 16.7. The predicted octanol–water partition coefficient (Wildman–Crippen LogP) is 3.30. The monoisotopic (exact) mass is 424 g/mol. The molecule has 0 radical (unpaired) electrons. The van der Waals surface area contributed by atoms with Gasteiger partial charge in [-0.15, -0.1) is 0 Å². The van der Waals surface area contributed by atoms with Crippen LogP contribution in [0.5, 0.6) is 0 Å².